The zero-order valence-electron chi connectivity index (χ0n) is 20.1. The average Bonchev–Trinajstić information content (AvgIpc) is 3.41. The Bertz CT molecular complexity index is 1160. The molecule has 1 N–H and O–H groups in total. The fourth-order valence-corrected chi connectivity index (χ4v) is 5.18. The summed E-state index contributed by atoms with van der Waals surface area (Å²) < 4.78 is 7.71. The molecular formula is C27H34N4O2. The first-order valence-corrected chi connectivity index (χ1v) is 12.1. The van der Waals surface area contributed by atoms with Crippen LogP contribution in [-0.4, -0.2) is 47.8 Å². The van der Waals surface area contributed by atoms with Gasteiger partial charge in [-0.3, -0.25) is 9.36 Å². The predicted octanol–water partition coefficient (Wildman–Crippen LogP) is 4.38. The molecule has 1 aromatic heterocycles. The molecule has 1 atom stereocenters. The highest BCUT2D eigenvalue weighted by atomic mass is 16.5. The van der Waals surface area contributed by atoms with Gasteiger partial charge in [-0.2, -0.15) is 0 Å². The molecule has 3 heterocycles. The number of nitrogens with zero attached hydrogens (tertiary/aromatic N) is 3. The SMILES string of the molecule is Cc1cc(C)cc(-n2c(N3CCC(C(=O)N[C@H]4CCOC4)CC3)nc3cc(C)c(C)cc32)c1. The number of carbonyl (C=O) groups is 1. The number of amides is 1. The first-order chi connectivity index (χ1) is 15.9. The molecule has 0 unspecified atom stereocenters. The fourth-order valence-electron chi connectivity index (χ4n) is 5.18. The molecule has 2 aromatic carbocycles. The number of aryl methyl sites for hydroxylation is 4. The molecule has 2 saturated heterocycles. The van der Waals surface area contributed by atoms with Crippen molar-refractivity contribution in [3.63, 3.8) is 0 Å². The Balaban J connectivity index is 1.45. The number of aromatic nitrogens is 2. The van der Waals surface area contributed by atoms with Gasteiger partial charge in [0.05, 0.1) is 23.7 Å². The molecule has 0 aliphatic carbocycles. The molecule has 5 rings (SSSR count). The molecular weight excluding hydrogens is 412 g/mol. The van der Waals surface area contributed by atoms with Gasteiger partial charge in [0.25, 0.3) is 0 Å². The van der Waals surface area contributed by atoms with Gasteiger partial charge in [-0.15, -0.1) is 0 Å². The second kappa shape index (κ2) is 8.82. The molecule has 6 nitrogen and oxygen atoms in total. The Labute approximate surface area is 195 Å². The average molecular weight is 447 g/mol. The molecule has 1 amide bonds. The van der Waals surface area contributed by atoms with E-state index >= 15 is 0 Å². The number of anilines is 1. The third kappa shape index (κ3) is 4.36. The normalized spacial score (nSPS) is 19.4. The summed E-state index contributed by atoms with van der Waals surface area (Å²) in [5.41, 5.74) is 8.32. The number of imidazole rings is 1. The highest BCUT2D eigenvalue weighted by Gasteiger charge is 2.30. The van der Waals surface area contributed by atoms with Crippen LogP contribution in [-0.2, 0) is 9.53 Å². The van der Waals surface area contributed by atoms with E-state index in [1.165, 1.54) is 22.3 Å². The molecule has 0 radical (unpaired) electrons. The summed E-state index contributed by atoms with van der Waals surface area (Å²) in [6, 6.07) is 11.3. The lowest BCUT2D eigenvalue weighted by Crippen LogP contribution is -2.44. The van der Waals surface area contributed by atoms with Crippen LogP contribution in [0.15, 0.2) is 30.3 Å². The van der Waals surface area contributed by atoms with Gasteiger partial charge in [-0.05, 0) is 93.5 Å². The lowest BCUT2D eigenvalue weighted by atomic mass is 9.95. The number of nitrogens with one attached hydrogen (secondary N) is 1. The number of fused-ring (bicyclic) bond motifs is 1. The van der Waals surface area contributed by atoms with E-state index in [4.69, 9.17) is 9.72 Å². The lowest BCUT2D eigenvalue weighted by molar-refractivity contribution is -0.126. The van der Waals surface area contributed by atoms with Crippen molar-refractivity contribution in [1.29, 1.82) is 0 Å². The highest BCUT2D eigenvalue weighted by molar-refractivity contribution is 5.83. The van der Waals surface area contributed by atoms with Crippen LogP contribution >= 0.6 is 0 Å². The minimum absolute atomic E-state index is 0.0605. The summed E-state index contributed by atoms with van der Waals surface area (Å²) in [5, 5.41) is 3.18. The standard InChI is InChI=1S/C27H34N4O2/c1-17-11-18(2)13-23(12-17)31-25-15-20(4)19(3)14-24(25)29-27(31)30-8-5-21(6-9-30)26(32)28-22-7-10-33-16-22/h11-15,21-22H,5-10,16H2,1-4H3,(H,28,32)/t22-/m0/s1. The Morgan fingerprint density at radius 2 is 1.67 bits per heavy atom. The Kier molecular flexibility index (Phi) is 5.87. The van der Waals surface area contributed by atoms with Gasteiger partial charge >= 0.3 is 0 Å². The van der Waals surface area contributed by atoms with E-state index in [-0.39, 0.29) is 17.9 Å². The van der Waals surface area contributed by atoms with Gasteiger partial charge in [-0.1, -0.05) is 6.07 Å². The molecule has 2 fully saturated rings. The van der Waals surface area contributed by atoms with Crippen LogP contribution < -0.4 is 10.2 Å². The van der Waals surface area contributed by atoms with Crippen LogP contribution in [0, 0.1) is 33.6 Å². The van der Waals surface area contributed by atoms with Crippen LogP contribution in [0.1, 0.15) is 41.5 Å². The van der Waals surface area contributed by atoms with Crippen molar-refractivity contribution in [3.8, 4) is 5.69 Å². The fraction of sp³-hybridized carbons (Fsp3) is 0.481. The Hall–Kier alpha value is -2.86. The predicted molar refractivity (Wildman–Crippen MR) is 132 cm³/mol. The molecule has 2 aliphatic rings. The van der Waals surface area contributed by atoms with E-state index in [0.29, 0.717) is 6.61 Å². The highest BCUT2D eigenvalue weighted by Crippen LogP contribution is 2.32. The lowest BCUT2D eigenvalue weighted by Gasteiger charge is -2.33. The molecule has 174 valence electrons. The maximum Gasteiger partial charge on any atom is 0.223 e. The number of piperidine rings is 1. The number of benzene rings is 2. The monoisotopic (exact) mass is 446 g/mol. The second-order valence-corrected chi connectivity index (χ2v) is 9.85. The van der Waals surface area contributed by atoms with E-state index in [1.807, 2.05) is 0 Å². The van der Waals surface area contributed by atoms with Crippen molar-refractivity contribution in [2.24, 2.45) is 5.92 Å². The van der Waals surface area contributed by atoms with Gasteiger partial charge in [-0.25, -0.2) is 4.98 Å². The number of hydrogen-bond acceptors (Lipinski definition) is 4. The van der Waals surface area contributed by atoms with Crippen LogP contribution in [0.3, 0.4) is 0 Å². The Morgan fingerprint density at radius 3 is 2.33 bits per heavy atom. The van der Waals surface area contributed by atoms with E-state index < -0.39 is 0 Å². The summed E-state index contributed by atoms with van der Waals surface area (Å²) >= 11 is 0. The van der Waals surface area contributed by atoms with Crippen molar-refractivity contribution >= 4 is 22.9 Å². The minimum Gasteiger partial charge on any atom is -0.379 e. The molecule has 3 aromatic rings. The topological polar surface area (TPSA) is 59.4 Å². The van der Waals surface area contributed by atoms with Crippen molar-refractivity contribution in [1.82, 2.24) is 14.9 Å². The molecule has 6 heteroatoms. The first-order valence-electron chi connectivity index (χ1n) is 12.1. The summed E-state index contributed by atoms with van der Waals surface area (Å²) in [6.45, 7) is 11.6. The van der Waals surface area contributed by atoms with E-state index in [2.05, 4.69) is 72.8 Å². The zero-order valence-corrected chi connectivity index (χ0v) is 20.1. The summed E-state index contributed by atoms with van der Waals surface area (Å²) in [4.78, 5) is 20.2. The summed E-state index contributed by atoms with van der Waals surface area (Å²) in [7, 11) is 0. The van der Waals surface area contributed by atoms with Gasteiger partial charge in [0.1, 0.15) is 0 Å². The van der Waals surface area contributed by atoms with Crippen molar-refractivity contribution in [2.75, 3.05) is 31.2 Å². The van der Waals surface area contributed by atoms with Crippen molar-refractivity contribution < 1.29 is 9.53 Å². The maximum atomic E-state index is 12.8. The summed E-state index contributed by atoms with van der Waals surface area (Å²) in [6.07, 6.45) is 2.60. The summed E-state index contributed by atoms with van der Waals surface area (Å²) in [5.74, 6) is 1.22. The smallest absolute Gasteiger partial charge is 0.223 e. The first kappa shape index (κ1) is 22.0. The van der Waals surface area contributed by atoms with Crippen LogP contribution in [0.4, 0.5) is 5.95 Å². The van der Waals surface area contributed by atoms with E-state index in [1.54, 1.807) is 0 Å². The zero-order chi connectivity index (χ0) is 23.1. The van der Waals surface area contributed by atoms with Gasteiger partial charge < -0.3 is 15.0 Å². The van der Waals surface area contributed by atoms with Gasteiger partial charge in [0, 0.05) is 31.3 Å². The second-order valence-electron chi connectivity index (χ2n) is 9.85. The third-order valence-electron chi connectivity index (χ3n) is 7.14. The van der Waals surface area contributed by atoms with E-state index in [0.717, 1.165) is 61.6 Å². The number of rotatable bonds is 4. The molecule has 0 spiro atoms. The Morgan fingerprint density at radius 1 is 0.970 bits per heavy atom. The number of hydrogen-bond donors (Lipinski definition) is 1. The van der Waals surface area contributed by atoms with Crippen molar-refractivity contribution in [2.45, 2.75) is 53.0 Å². The minimum atomic E-state index is 0.0605. The molecule has 0 bridgehead atoms. The number of carbonyl (C=O) groups excluding carboxylic acids is 1. The van der Waals surface area contributed by atoms with Crippen LogP contribution in [0.25, 0.3) is 16.7 Å². The number of ether oxygens (including phenoxy) is 1. The quantitative estimate of drug-likeness (QED) is 0.646. The van der Waals surface area contributed by atoms with Crippen molar-refractivity contribution in [3.05, 3.63) is 52.6 Å². The largest absolute Gasteiger partial charge is 0.379 e. The molecule has 0 saturated carbocycles. The van der Waals surface area contributed by atoms with Crippen LogP contribution in [0.2, 0.25) is 0 Å². The van der Waals surface area contributed by atoms with Gasteiger partial charge in [0.15, 0.2) is 0 Å². The maximum absolute atomic E-state index is 12.8. The molecule has 2 aliphatic heterocycles. The van der Waals surface area contributed by atoms with Gasteiger partial charge in [0.2, 0.25) is 11.9 Å². The molecule has 33 heavy (non-hydrogen) atoms. The van der Waals surface area contributed by atoms with Crippen LogP contribution in [0.5, 0.6) is 0 Å². The third-order valence-corrected chi connectivity index (χ3v) is 7.14. The van der Waals surface area contributed by atoms with E-state index in [9.17, 15) is 4.79 Å².